The molecule has 3 N–H and O–H groups in total. The van der Waals surface area contributed by atoms with Gasteiger partial charge >= 0.3 is 0 Å². The van der Waals surface area contributed by atoms with Crippen LogP contribution in [0, 0.1) is 13.8 Å². The topological polar surface area (TPSA) is 55.9 Å². The third-order valence-corrected chi connectivity index (χ3v) is 2.90. The van der Waals surface area contributed by atoms with Crippen LogP contribution in [0.5, 0.6) is 0 Å². The van der Waals surface area contributed by atoms with Crippen LogP contribution in [0.4, 0.5) is 5.69 Å². The molecule has 1 heterocycles. The number of aryl methyl sites for hydroxylation is 1. The van der Waals surface area contributed by atoms with Crippen molar-refractivity contribution in [1.29, 1.82) is 0 Å². The molecule has 0 aromatic carbocycles. The van der Waals surface area contributed by atoms with E-state index in [0.717, 1.165) is 25.2 Å². The molecule has 2 rings (SSSR count). The van der Waals surface area contributed by atoms with E-state index in [2.05, 4.69) is 28.9 Å². The van der Waals surface area contributed by atoms with Gasteiger partial charge in [-0.2, -0.15) is 5.10 Å². The normalized spacial score (nSPS) is 15.7. The lowest BCUT2D eigenvalue weighted by Crippen LogP contribution is -2.09. The highest BCUT2D eigenvalue weighted by Crippen LogP contribution is 2.37. The number of nitrogens with one attached hydrogen (secondary N) is 1. The Morgan fingerprint density at radius 2 is 2.20 bits per heavy atom. The molecular weight excluding hydrogens is 188 g/mol. The van der Waals surface area contributed by atoms with Gasteiger partial charge in [-0.05, 0) is 39.7 Å². The standard InChI is InChI=1S/C11H20N4/c1-8-11(13-7-3-6-12)9(2)15(14-8)10-4-5-10/h10,13H,3-7,12H2,1-2H3. The van der Waals surface area contributed by atoms with Crippen molar-refractivity contribution >= 4 is 5.69 Å². The van der Waals surface area contributed by atoms with E-state index in [4.69, 9.17) is 5.73 Å². The predicted octanol–water partition coefficient (Wildman–Crippen LogP) is 1.60. The minimum Gasteiger partial charge on any atom is -0.382 e. The van der Waals surface area contributed by atoms with Crippen LogP contribution in [0.3, 0.4) is 0 Å². The number of hydrogen-bond donors (Lipinski definition) is 2. The Bertz CT molecular complexity index is 339. The molecule has 4 heteroatoms. The maximum absolute atomic E-state index is 5.47. The number of nitrogens with zero attached hydrogens (tertiary/aromatic N) is 2. The van der Waals surface area contributed by atoms with Crippen molar-refractivity contribution in [2.75, 3.05) is 18.4 Å². The number of hydrogen-bond acceptors (Lipinski definition) is 3. The summed E-state index contributed by atoms with van der Waals surface area (Å²) in [6, 6.07) is 0.661. The maximum Gasteiger partial charge on any atom is 0.0828 e. The zero-order chi connectivity index (χ0) is 10.8. The maximum atomic E-state index is 5.47. The molecule has 0 aliphatic heterocycles. The zero-order valence-electron chi connectivity index (χ0n) is 9.58. The van der Waals surface area contributed by atoms with Gasteiger partial charge in [0.05, 0.1) is 23.1 Å². The van der Waals surface area contributed by atoms with Gasteiger partial charge in [0.2, 0.25) is 0 Å². The third kappa shape index (κ3) is 2.15. The Hall–Kier alpha value is -1.03. The lowest BCUT2D eigenvalue weighted by molar-refractivity contribution is 0.617. The van der Waals surface area contributed by atoms with Gasteiger partial charge in [-0.15, -0.1) is 0 Å². The Balaban J connectivity index is 2.08. The van der Waals surface area contributed by atoms with Gasteiger partial charge in [0.25, 0.3) is 0 Å². The van der Waals surface area contributed by atoms with Crippen molar-refractivity contribution in [1.82, 2.24) is 9.78 Å². The SMILES string of the molecule is Cc1nn(C2CC2)c(C)c1NCCCN. The molecule has 1 aliphatic carbocycles. The monoisotopic (exact) mass is 208 g/mol. The summed E-state index contributed by atoms with van der Waals surface area (Å²) in [5.74, 6) is 0. The molecule has 0 unspecified atom stereocenters. The molecule has 4 nitrogen and oxygen atoms in total. The Morgan fingerprint density at radius 3 is 2.80 bits per heavy atom. The van der Waals surface area contributed by atoms with Gasteiger partial charge < -0.3 is 11.1 Å². The van der Waals surface area contributed by atoms with Crippen LogP contribution in [0.25, 0.3) is 0 Å². The first-order valence-electron chi connectivity index (χ1n) is 5.73. The lowest BCUT2D eigenvalue weighted by Gasteiger charge is -2.06. The Morgan fingerprint density at radius 1 is 1.47 bits per heavy atom. The summed E-state index contributed by atoms with van der Waals surface area (Å²) in [4.78, 5) is 0. The average molecular weight is 208 g/mol. The summed E-state index contributed by atoms with van der Waals surface area (Å²) in [7, 11) is 0. The van der Waals surface area contributed by atoms with Gasteiger partial charge in [0.15, 0.2) is 0 Å². The summed E-state index contributed by atoms with van der Waals surface area (Å²) < 4.78 is 2.17. The minimum atomic E-state index is 0.661. The number of rotatable bonds is 5. The quantitative estimate of drug-likeness (QED) is 0.723. The molecule has 1 aliphatic rings. The number of nitrogens with two attached hydrogens (primary N) is 1. The highest BCUT2D eigenvalue weighted by Gasteiger charge is 2.27. The molecule has 1 aromatic heterocycles. The van der Waals surface area contributed by atoms with E-state index in [0.29, 0.717) is 6.04 Å². The first-order valence-corrected chi connectivity index (χ1v) is 5.73. The van der Waals surface area contributed by atoms with Crippen molar-refractivity contribution in [3.8, 4) is 0 Å². The van der Waals surface area contributed by atoms with Gasteiger partial charge in [-0.25, -0.2) is 0 Å². The summed E-state index contributed by atoms with van der Waals surface area (Å²) in [5, 5.41) is 8.00. The van der Waals surface area contributed by atoms with Crippen LogP contribution in [-0.4, -0.2) is 22.9 Å². The molecule has 1 saturated carbocycles. The fourth-order valence-electron chi connectivity index (χ4n) is 1.91. The van der Waals surface area contributed by atoms with E-state index in [1.54, 1.807) is 0 Å². The van der Waals surface area contributed by atoms with Crippen molar-refractivity contribution in [3.63, 3.8) is 0 Å². The Kier molecular flexibility index (Phi) is 2.95. The second-order valence-corrected chi connectivity index (χ2v) is 4.29. The molecule has 1 aromatic rings. The van der Waals surface area contributed by atoms with Gasteiger partial charge in [-0.3, -0.25) is 4.68 Å². The molecule has 15 heavy (non-hydrogen) atoms. The van der Waals surface area contributed by atoms with Crippen LogP contribution >= 0.6 is 0 Å². The molecule has 0 bridgehead atoms. The van der Waals surface area contributed by atoms with Gasteiger partial charge in [0.1, 0.15) is 0 Å². The fraction of sp³-hybridized carbons (Fsp3) is 0.727. The molecule has 0 saturated heterocycles. The highest BCUT2D eigenvalue weighted by atomic mass is 15.3. The second-order valence-electron chi connectivity index (χ2n) is 4.29. The van der Waals surface area contributed by atoms with E-state index in [1.807, 2.05) is 0 Å². The number of aromatic nitrogens is 2. The molecule has 0 amide bonds. The van der Waals surface area contributed by atoms with Crippen LogP contribution in [0.2, 0.25) is 0 Å². The predicted molar refractivity (Wildman–Crippen MR) is 62.1 cm³/mol. The van der Waals surface area contributed by atoms with Crippen molar-refractivity contribution < 1.29 is 0 Å². The van der Waals surface area contributed by atoms with Gasteiger partial charge in [0, 0.05) is 6.54 Å². The lowest BCUT2D eigenvalue weighted by atomic mass is 10.3. The third-order valence-electron chi connectivity index (χ3n) is 2.90. The largest absolute Gasteiger partial charge is 0.382 e. The summed E-state index contributed by atoms with van der Waals surface area (Å²) in [6.07, 6.45) is 3.57. The summed E-state index contributed by atoms with van der Waals surface area (Å²) >= 11 is 0. The molecule has 0 spiro atoms. The average Bonchev–Trinajstić information content (AvgIpc) is 3.00. The van der Waals surface area contributed by atoms with Crippen molar-refractivity contribution in [2.24, 2.45) is 5.73 Å². The molecular formula is C11H20N4. The first-order chi connectivity index (χ1) is 7.24. The summed E-state index contributed by atoms with van der Waals surface area (Å²) in [6.45, 7) is 5.89. The van der Waals surface area contributed by atoms with Crippen molar-refractivity contribution in [3.05, 3.63) is 11.4 Å². The van der Waals surface area contributed by atoms with Crippen LogP contribution in [0.1, 0.15) is 36.7 Å². The summed E-state index contributed by atoms with van der Waals surface area (Å²) in [5.41, 5.74) is 9.05. The molecule has 0 atom stereocenters. The Labute approximate surface area is 90.8 Å². The van der Waals surface area contributed by atoms with E-state index >= 15 is 0 Å². The van der Waals surface area contributed by atoms with Crippen LogP contribution < -0.4 is 11.1 Å². The smallest absolute Gasteiger partial charge is 0.0828 e. The highest BCUT2D eigenvalue weighted by molar-refractivity contribution is 5.52. The zero-order valence-corrected chi connectivity index (χ0v) is 9.58. The van der Waals surface area contributed by atoms with Crippen LogP contribution in [-0.2, 0) is 0 Å². The van der Waals surface area contributed by atoms with Crippen molar-refractivity contribution in [2.45, 2.75) is 39.2 Å². The molecule has 84 valence electrons. The van der Waals surface area contributed by atoms with E-state index < -0.39 is 0 Å². The fourth-order valence-corrected chi connectivity index (χ4v) is 1.91. The second kappa shape index (κ2) is 4.23. The van der Waals surface area contributed by atoms with E-state index in [1.165, 1.54) is 24.2 Å². The number of anilines is 1. The molecule has 0 radical (unpaired) electrons. The molecule has 1 fully saturated rings. The van der Waals surface area contributed by atoms with Crippen LogP contribution in [0.15, 0.2) is 0 Å². The van der Waals surface area contributed by atoms with E-state index in [-0.39, 0.29) is 0 Å². The minimum absolute atomic E-state index is 0.661. The first kappa shape index (κ1) is 10.5. The van der Waals surface area contributed by atoms with E-state index in [9.17, 15) is 0 Å². The van der Waals surface area contributed by atoms with Gasteiger partial charge in [-0.1, -0.05) is 0 Å².